The van der Waals surface area contributed by atoms with Crippen LogP contribution in [0, 0.1) is 5.41 Å². The number of aliphatic hydroxyl groups excluding tert-OH is 1. The average Bonchev–Trinajstić information content (AvgIpc) is 3.40. The van der Waals surface area contributed by atoms with E-state index >= 15 is 0 Å². The summed E-state index contributed by atoms with van der Waals surface area (Å²) in [5.41, 5.74) is 1.70. The van der Waals surface area contributed by atoms with E-state index in [2.05, 4.69) is 14.6 Å². The minimum Gasteiger partial charge on any atom is -0.406 e. The van der Waals surface area contributed by atoms with Gasteiger partial charge in [0.1, 0.15) is 12.4 Å². The number of rotatable bonds is 5. The summed E-state index contributed by atoms with van der Waals surface area (Å²) in [6.07, 6.45) is -0.580. The van der Waals surface area contributed by atoms with Crippen molar-refractivity contribution in [2.45, 2.75) is 19.2 Å². The van der Waals surface area contributed by atoms with Crippen molar-refractivity contribution < 1.29 is 23.0 Å². The summed E-state index contributed by atoms with van der Waals surface area (Å²) >= 11 is 0. The molecule has 142 valence electrons. The van der Waals surface area contributed by atoms with Crippen molar-refractivity contribution in [2.24, 2.45) is 10.4 Å². The van der Waals surface area contributed by atoms with Crippen molar-refractivity contribution in [3.63, 3.8) is 0 Å². The molecule has 0 spiro atoms. The van der Waals surface area contributed by atoms with Crippen LogP contribution in [0.4, 0.5) is 13.2 Å². The van der Waals surface area contributed by atoms with Crippen LogP contribution in [0.25, 0.3) is 17.3 Å². The fourth-order valence-corrected chi connectivity index (χ4v) is 3.30. The Morgan fingerprint density at radius 2 is 1.78 bits per heavy atom. The van der Waals surface area contributed by atoms with Gasteiger partial charge in [-0.3, -0.25) is 4.99 Å². The molecule has 7 heteroatoms. The number of fused-ring (bicyclic) bond motifs is 1. The molecule has 1 saturated carbocycles. The van der Waals surface area contributed by atoms with Gasteiger partial charge in [-0.1, -0.05) is 18.2 Å². The zero-order valence-corrected chi connectivity index (χ0v) is 14.5. The third kappa shape index (κ3) is 4.08. The van der Waals surface area contributed by atoms with Crippen LogP contribution in [0.3, 0.4) is 0 Å². The lowest BCUT2D eigenvalue weighted by atomic mass is 10.0. The van der Waals surface area contributed by atoms with E-state index in [4.69, 9.17) is 0 Å². The predicted molar refractivity (Wildman–Crippen MR) is 94.1 cm³/mol. The SMILES string of the molecule is OCC1(CN2C=c3cc(-c4ccc(OC(F)(F)F)cc4)ccc3=NC2)CC1. The van der Waals surface area contributed by atoms with Gasteiger partial charge in [0.15, 0.2) is 0 Å². The second-order valence-corrected chi connectivity index (χ2v) is 7.18. The third-order valence-corrected chi connectivity index (χ3v) is 5.02. The first-order chi connectivity index (χ1) is 12.9. The number of halogens is 3. The Bertz CT molecular complexity index is 951. The Morgan fingerprint density at radius 3 is 2.41 bits per heavy atom. The van der Waals surface area contributed by atoms with Gasteiger partial charge in [-0.15, -0.1) is 13.2 Å². The number of benzene rings is 2. The molecule has 1 aliphatic carbocycles. The van der Waals surface area contributed by atoms with E-state index in [-0.39, 0.29) is 17.8 Å². The van der Waals surface area contributed by atoms with Crippen LogP contribution in [0.2, 0.25) is 0 Å². The highest BCUT2D eigenvalue weighted by molar-refractivity contribution is 5.64. The molecule has 27 heavy (non-hydrogen) atoms. The fraction of sp³-hybridized carbons (Fsp3) is 0.350. The molecule has 1 N–H and O–H groups in total. The molecule has 1 aliphatic heterocycles. The van der Waals surface area contributed by atoms with Crippen molar-refractivity contribution >= 4 is 6.20 Å². The Morgan fingerprint density at radius 1 is 1.07 bits per heavy atom. The molecule has 4 nitrogen and oxygen atoms in total. The zero-order chi connectivity index (χ0) is 19.1. The molecule has 1 fully saturated rings. The summed E-state index contributed by atoms with van der Waals surface area (Å²) < 4.78 is 40.8. The van der Waals surface area contributed by atoms with Crippen molar-refractivity contribution in [2.75, 3.05) is 19.8 Å². The van der Waals surface area contributed by atoms with Gasteiger partial charge in [0.2, 0.25) is 0 Å². The quantitative estimate of drug-likeness (QED) is 0.873. The molecule has 0 unspecified atom stereocenters. The highest BCUT2D eigenvalue weighted by Crippen LogP contribution is 2.45. The summed E-state index contributed by atoms with van der Waals surface area (Å²) in [7, 11) is 0. The topological polar surface area (TPSA) is 45.1 Å². The standard InChI is InChI=1S/C20H19F3N2O2/c21-20(22,23)27-17-4-1-14(2-5-17)15-3-6-18-16(9-15)10-25(13-24-18)11-19(12-26)7-8-19/h1-6,9-10,26H,7-8,11-13H2. The number of aliphatic hydroxyl groups is 1. The molecular formula is C20H19F3N2O2. The third-order valence-electron chi connectivity index (χ3n) is 5.02. The number of alkyl halides is 3. The highest BCUT2D eigenvalue weighted by Gasteiger charge is 2.43. The first kappa shape index (κ1) is 17.9. The fourth-order valence-electron chi connectivity index (χ4n) is 3.30. The maximum absolute atomic E-state index is 12.3. The van der Waals surface area contributed by atoms with E-state index in [9.17, 15) is 18.3 Å². The number of hydrogen-bond donors (Lipinski definition) is 1. The molecule has 2 aromatic rings. The van der Waals surface area contributed by atoms with Gasteiger partial charge in [0.25, 0.3) is 0 Å². The largest absolute Gasteiger partial charge is 0.573 e. The van der Waals surface area contributed by atoms with Gasteiger partial charge < -0.3 is 14.7 Å². The van der Waals surface area contributed by atoms with Crippen LogP contribution in [-0.2, 0) is 0 Å². The van der Waals surface area contributed by atoms with E-state index in [1.54, 1.807) is 12.1 Å². The minimum atomic E-state index is -4.69. The number of nitrogens with zero attached hydrogens (tertiary/aromatic N) is 2. The molecule has 1 heterocycles. The van der Waals surface area contributed by atoms with Crippen LogP contribution >= 0.6 is 0 Å². The molecule has 0 aromatic heterocycles. The monoisotopic (exact) mass is 376 g/mol. The molecule has 0 atom stereocenters. The lowest BCUT2D eigenvalue weighted by Gasteiger charge is -2.25. The molecule has 4 rings (SSSR count). The lowest BCUT2D eigenvalue weighted by Crippen LogP contribution is -2.38. The second kappa shape index (κ2) is 6.56. The summed E-state index contributed by atoms with van der Waals surface area (Å²) in [5, 5.41) is 11.4. The maximum atomic E-state index is 12.3. The van der Waals surface area contributed by atoms with E-state index < -0.39 is 6.36 Å². The number of hydrogen-bond acceptors (Lipinski definition) is 4. The number of ether oxygens (including phenoxy) is 1. The molecule has 2 aromatic carbocycles. The smallest absolute Gasteiger partial charge is 0.406 e. The Labute approximate surface area is 154 Å². The molecule has 0 radical (unpaired) electrons. The van der Waals surface area contributed by atoms with E-state index in [1.165, 1.54) is 12.1 Å². The summed E-state index contributed by atoms with van der Waals surface area (Å²) in [6, 6.07) is 11.6. The molecule has 0 amide bonds. The highest BCUT2D eigenvalue weighted by atomic mass is 19.4. The first-order valence-electron chi connectivity index (χ1n) is 8.73. The van der Waals surface area contributed by atoms with E-state index in [0.717, 1.165) is 41.1 Å². The Kier molecular flexibility index (Phi) is 4.34. The van der Waals surface area contributed by atoms with Crippen molar-refractivity contribution in [3.8, 4) is 16.9 Å². The van der Waals surface area contributed by atoms with Crippen molar-refractivity contribution in [3.05, 3.63) is 53.0 Å². The average molecular weight is 376 g/mol. The van der Waals surface area contributed by atoms with Crippen LogP contribution in [0.15, 0.2) is 47.5 Å². The maximum Gasteiger partial charge on any atom is 0.573 e. The van der Waals surface area contributed by atoms with Gasteiger partial charge in [0.05, 0.1) is 12.0 Å². The first-order valence-corrected chi connectivity index (χ1v) is 8.73. The van der Waals surface area contributed by atoms with Gasteiger partial charge in [0, 0.05) is 23.4 Å². The van der Waals surface area contributed by atoms with Gasteiger partial charge in [-0.05, 0) is 48.2 Å². The normalized spacial score (nSPS) is 17.6. The Hall–Kier alpha value is -2.54. The summed E-state index contributed by atoms with van der Waals surface area (Å²) in [6.45, 7) is 1.54. The summed E-state index contributed by atoms with van der Waals surface area (Å²) in [5.74, 6) is -0.240. The second-order valence-electron chi connectivity index (χ2n) is 7.18. The van der Waals surface area contributed by atoms with E-state index in [1.807, 2.05) is 24.4 Å². The van der Waals surface area contributed by atoms with Crippen LogP contribution < -0.4 is 15.3 Å². The molecule has 0 bridgehead atoms. The van der Waals surface area contributed by atoms with Gasteiger partial charge in [-0.2, -0.15) is 0 Å². The van der Waals surface area contributed by atoms with Crippen molar-refractivity contribution in [1.29, 1.82) is 0 Å². The lowest BCUT2D eigenvalue weighted by molar-refractivity contribution is -0.274. The minimum absolute atomic E-state index is 0.00937. The zero-order valence-electron chi connectivity index (χ0n) is 14.5. The van der Waals surface area contributed by atoms with Gasteiger partial charge >= 0.3 is 6.36 Å². The summed E-state index contributed by atoms with van der Waals surface area (Å²) in [4.78, 5) is 6.68. The predicted octanol–water partition coefficient (Wildman–Crippen LogP) is 2.66. The molecular weight excluding hydrogens is 357 g/mol. The van der Waals surface area contributed by atoms with Crippen molar-refractivity contribution in [1.82, 2.24) is 4.90 Å². The van der Waals surface area contributed by atoms with Crippen LogP contribution in [0.1, 0.15) is 12.8 Å². The van der Waals surface area contributed by atoms with Gasteiger partial charge in [-0.25, -0.2) is 0 Å². The van der Waals surface area contributed by atoms with Crippen LogP contribution in [0.5, 0.6) is 5.75 Å². The molecule has 0 saturated heterocycles. The molecule has 2 aliphatic rings. The van der Waals surface area contributed by atoms with Crippen LogP contribution in [-0.4, -0.2) is 36.2 Å². The van der Waals surface area contributed by atoms with E-state index in [0.29, 0.717) is 6.67 Å². The Balaban J connectivity index is 1.57.